The van der Waals surface area contributed by atoms with Gasteiger partial charge in [0.2, 0.25) is 0 Å². The average Bonchev–Trinajstić information content (AvgIpc) is 2.94. The lowest BCUT2D eigenvalue weighted by Crippen LogP contribution is -2.23. The number of esters is 1. The third-order valence-electron chi connectivity index (χ3n) is 4.36. The van der Waals surface area contributed by atoms with Gasteiger partial charge < -0.3 is 9.30 Å². The second-order valence-electron chi connectivity index (χ2n) is 5.80. The van der Waals surface area contributed by atoms with Crippen molar-refractivity contribution in [3.8, 4) is 0 Å². The van der Waals surface area contributed by atoms with E-state index in [2.05, 4.69) is 0 Å². The fraction of sp³-hybridized carbons (Fsp3) is 0.643. The number of carbonyl (C=O) groups is 1. The molecule has 3 rings (SSSR count). The molecule has 0 spiro atoms. The smallest absolute Gasteiger partial charge is 0.355 e. The molecule has 116 valence electrons. The lowest BCUT2D eigenvalue weighted by molar-refractivity contribution is 0.0299. The molecular formula is C14H18ClNO4S. The molecule has 2 aliphatic carbocycles. The maximum atomic E-state index is 12.3. The van der Waals surface area contributed by atoms with Crippen LogP contribution in [0, 0.1) is 0 Å². The van der Waals surface area contributed by atoms with Crippen LogP contribution in [0.4, 0.5) is 0 Å². The summed E-state index contributed by atoms with van der Waals surface area (Å²) in [7, 11) is 1.55. The standard InChI is InChI=1S/C14H18ClNO4S/c15-21(18,19)12-8-13(16(9-12)10-4-3-5-10)14(17)20-11-6-1-2-7-11/h8-11H,1-7H2. The molecule has 2 aliphatic rings. The normalized spacial score (nSPS) is 20.4. The Morgan fingerprint density at radius 2 is 1.86 bits per heavy atom. The minimum Gasteiger partial charge on any atom is -0.458 e. The highest BCUT2D eigenvalue weighted by molar-refractivity contribution is 8.13. The number of halogens is 1. The summed E-state index contributed by atoms with van der Waals surface area (Å²) in [5, 5.41) is 0. The largest absolute Gasteiger partial charge is 0.458 e. The molecule has 0 aromatic carbocycles. The van der Waals surface area contributed by atoms with E-state index in [-0.39, 0.29) is 17.0 Å². The second-order valence-corrected chi connectivity index (χ2v) is 8.37. The zero-order valence-corrected chi connectivity index (χ0v) is 13.2. The van der Waals surface area contributed by atoms with Crippen LogP contribution in [-0.2, 0) is 13.8 Å². The molecule has 0 saturated heterocycles. The van der Waals surface area contributed by atoms with Gasteiger partial charge in [0.05, 0.1) is 0 Å². The van der Waals surface area contributed by atoms with Gasteiger partial charge >= 0.3 is 5.97 Å². The summed E-state index contributed by atoms with van der Waals surface area (Å²) in [6.07, 6.45) is 8.30. The highest BCUT2D eigenvalue weighted by Gasteiger charge is 2.29. The molecule has 0 atom stereocenters. The van der Waals surface area contributed by atoms with Crippen LogP contribution < -0.4 is 0 Å². The van der Waals surface area contributed by atoms with E-state index in [0.29, 0.717) is 5.69 Å². The minimum atomic E-state index is -3.84. The molecule has 0 bridgehead atoms. The zero-order valence-electron chi connectivity index (χ0n) is 11.6. The maximum Gasteiger partial charge on any atom is 0.355 e. The lowest BCUT2D eigenvalue weighted by Gasteiger charge is -2.28. The van der Waals surface area contributed by atoms with Crippen molar-refractivity contribution in [1.29, 1.82) is 0 Å². The van der Waals surface area contributed by atoms with E-state index in [1.165, 1.54) is 12.3 Å². The zero-order chi connectivity index (χ0) is 15.0. The van der Waals surface area contributed by atoms with Crippen molar-refractivity contribution in [3.63, 3.8) is 0 Å². The molecule has 21 heavy (non-hydrogen) atoms. The highest BCUT2D eigenvalue weighted by Crippen LogP contribution is 2.35. The van der Waals surface area contributed by atoms with Crippen molar-refractivity contribution >= 4 is 25.7 Å². The third-order valence-corrected chi connectivity index (χ3v) is 5.68. The fourth-order valence-electron chi connectivity index (χ4n) is 2.94. The summed E-state index contributed by atoms with van der Waals surface area (Å²) in [4.78, 5) is 12.3. The molecule has 0 amide bonds. The van der Waals surface area contributed by atoms with Gasteiger partial charge in [-0.1, -0.05) is 0 Å². The molecular weight excluding hydrogens is 314 g/mol. The van der Waals surface area contributed by atoms with Gasteiger partial charge in [-0.2, -0.15) is 0 Å². The average molecular weight is 332 g/mol. The Morgan fingerprint density at radius 3 is 2.38 bits per heavy atom. The summed E-state index contributed by atoms with van der Waals surface area (Å²) in [6.45, 7) is 0. The predicted molar refractivity (Wildman–Crippen MR) is 78.0 cm³/mol. The maximum absolute atomic E-state index is 12.3. The lowest BCUT2D eigenvalue weighted by atomic mass is 9.93. The van der Waals surface area contributed by atoms with Crippen LogP contribution >= 0.6 is 10.7 Å². The Bertz CT molecular complexity index is 642. The quantitative estimate of drug-likeness (QED) is 0.627. The summed E-state index contributed by atoms with van der Waals surface area (Å²) in [6, 6.07) is 1.50. The molecule has 0 radical (unpaired) electrons. The molecule has 2 saturated carbocycles. The van der Waals surface area contributed by atoms with Gasteiger partial charge in [-0.3, -0.25) is 0 Å². The molecule has 0 unspecified atom stereocenters. The van der Waals surface area contributed by atoms with Crippen LogP contribution in [-0.4, -0.2) is 25.1 Å². The Morgan fingerprint density at radius 1 is 1.19 bits per heavy atom. The van der Waals surface area contributed by atoms with Gasteiger partial charge in [0, 0.05) is 22.9 Å². The topological polar surface area (TPSA) is 65.4 Å². The van der Waals surface area contributed by atoms with Gasteiger partial charge in [0.1, 0.15) is 16.7 Å². The molecule has 1 aromatic heterocycles. The Kier molecular flexibility index (Phi) is 4.01. The second kappa shape index (κ2) is 5.65. The van der Waals surface area contributed by atoms with E-state index in [1.54, 1.807) is 4.57 Å². The summed E-state index contributed by atoms with van der Waals surface area (Å²) < 4.78 is 30.2. The summed E-state index contributed by atoms with van der Waals surface area (Å²) >= 11 is 0. The Balaban J connectivity index is 1.87. The van der Waals surface area contributed by atoms with Gasteiger partial charge in [-0.05, 0) is 51.0 Å². The van der Waals surface area contributed by atoms with E-state index in [0.717, 1.165) is 44.9 Å². The van der Waals surface area contributed by atoms with Crippen molar-refractivity contribution in [2.75, 3.05) is 0 Å². The number of nitrogens with zero attached hydrogens (tertiary/aromatic N) is 1. The molecule has 7 heteroatoms. The minimum absolute atomic E-state index is 0.0329. The first kappa shape index (κ1) is 14.9. The summed E-state index contributed by atoms with van der Waals surface area (Å²) in [5.41, 5.74) is 0.297. The first-order valence-electron chi connectivity index (χ1n) is 7.32. The Hall–Kier alpha value is -1.01. The van der Waals surface area contributed by atoms with Gasteiger partial charge in [0.25, 0.3) is 9.05 Å². The van der Waals surface area contributed by atoms with Crippen LogP contribution in [0.5, 0.6) is 0 Å². The third kappa shape index (κ3) is 3.11. The number of ether oxygens (including phenoxy) is 1. The van der Waals surface area contributed by atoms with Crippen LogP contribution in [0.15, 0.2) is 17.2 Å². The molecule has 1 aromatic rings. The Labute approximate surface area is 128 Å². The van der Waals surface area contributed by atoms with Crippen LogP contribution in [0.25, 0.3) is 0 Å². The van der Waals surface area contributed by atoms with Crippen molar-refractivity contribution in [3.05, 3.63) is 18.0 Å². The van der Waals surface area contributed by atoms with Gasteiger partial charge in [0.15, 0.2) is 0 Å². The number of carbonyl (C=O) groups excluding carboxylic acids is 1. The van der Waals surface area contributed by atoms with E-state index in [4.69, 9.17) is 15.4 Å². The number of aromatic nitrogens is 1. The van der Waals surface area contributed by atoms with Crippen LogP contribution in [0.2, 0.25) is 0 Å². The van der Waals surface area contributed by atoms with E-state index in [1.807, 2.05) is 0 Å². The first-order valence-corrected chi connectivity index (χ1v) is 9.63. The molecule has 1 heterocycles. The van der Waals surface area contributed by atoms with E-state index >= 15 is 0 Å². The molecule has 2 fully saturated rings. The van der Waals surface area contributed by atoms with Crippen molar-refractivity contribution < 1.29 is 17.9 Å². The molecule has 5 nitrogen and oxygen atoms in total. The van der Waals surface area contributed by atoms with Crippen molar-refractivity contribution in [1.82, 2.24) is 4.57 Å². The monoisotopic (exact) mass is 331 g/mol. The highest BCUT2D eigenvalue weighted by atomic mass is 35.7. The predicted octanol–water partition coefficient (Wildman–Crippen LogP) is 3.24. The van der Waals surface area contributed by atoms with Gasteiger partial charge in [-0.25, -0.2) is 13.2 Å². The fourth-order valence-corrected chi connectivity index (χ4v) is 3.68. The number of hydrogen-bond donors (Lipinski definition) is 0. The van der Waals surface area contributed by atoms with E-state index in [9.17, 15) is 13.2 Å². The first-order chi connectivity index (χ1) is 9.95. The molecule has 0 aliphatic heterocycles. The van der Waals surface area contributed by atoms with Crippen molar-refractivity contribution in [2.24, 2.45) is 0 Å². The van der Waals surface area contributed by atoms with E-state index < -0.39 is 15.0 Å². The number of hydrogen-bond acceptors (Lipinski definition) is 4. The summed E-state index contributed by atoms with van der Waals surface area (Å²) in [5.74, 6) is -0.444. The van der Waals surface area contributed by atoms with Gasteiger partial charge in [-0.15, -0.1) is 0 Å². The van der Waals surface area contributed by atoms with Crippen LogP contribution in [0.1, 0.15) is 61.5 Å². The SMILES string of the molecule is O=C(OC1CCCC1)c1cc(S(=O)(=O)Cl)cn1C1CCC1. The molecule has 0 N–H and O–H groups in total. The van der Waals surface area contributed by atoms with Crippen molar-refractivity contribution in [2.45, 2.75) is 62.0 Å². The van der Waals surface area contributed by atoms with Crippen LogP contribution in [0.3, 0.4) is 0 Å². The number of rotatable bonds is 4.